The van der Waals surface area contributed by atoms with Crippen molar-refractivity contribution in [1.29, 1.82) is 0 Å². The summed E-state index contributed by atoms with van der Waals surface area (Å²) in [6.07, 6.45) is 0. The number of hydrogen-bond donors (Lipinski definition) is 0. The second-order valence-corrected chi connectivity index (χ2v) is 6.99. The average molecular weight is 378 g/mol. The van der Waals surface area contributed by atoms with Crippen molar-refractivity contribution in [1.82, 2.24) is 9.88 Å². The van der Waals surface area contributed by atoms with E-state index in [1.54, 1.807) is 19.1 Å². The Labute approximate surface area is 158 Å². The van der Waals surface area contributed by atoms with Crippen LogP contribution >= 0.6 is 11.3 Å². The van der Waals surface area contributed by atoms with Gasteiger partial charge in [0.1, 0.15) is 22.2 Å². The molecule has 1 aromatic carbocycles. The van der Waals surface area contributed by atoms with Crippen LogP contribution in [0, 0.1) is 13.8 Å². The van der Waals surface area contributed by atoms with E-state index in [1.165, 1.54) is 16.9 Å². The maximum absolute atomic E-state index is 12.8. The van der Waals surface area contributed by atoms with Crippen LogP contribution in [0.15, 0.2) is 24.3 Å². The average Bonchev–Trinajstić information content (AvgIpc) is 3.01. The first kappa shape index (κ1) is 20.4. The Kier molecular flexibility index (Phi) is 8.03. The summed E-state index contributed by atoms with van der Waals surface area (Å²) in [5.74, 6) is 0.744. The van der Waals surface area contributed by atoms with Crippen molar-refractivity contribution in [3.63, 3.8) is 0 Å². The zero-order valence-electron chi connectivity index (χ0n) is 15.8. The summed E-state index contributed by atoms with van der Waals surface area (Å²) >= 11 is 1.38. The number of ether oxygens (including phenoxy) is 3. The van der Waals surface area contributed by atoms with Crippen LogP contribution in [0.1, 0.15) is 25.9 Å². The van der Waals surface area contributed by atoms with Gasteiger partial charge >= 0.3 is 0 Å². The van der Waals surface area contributed by atoms with Crippen molar-refractivity contribution in [2.75, 3.05) is 40.5 Å². The van der Waals surface area contributed by atoms with Gasteiger partial charge in [0.2, 0.25) is 0 Å². The second-order valence-electron chi connectivity index (χ2n) is 5.90. The number of aryl methyl sites for hydroxylation is 2. The van der Waals surface area contributed by atoms with Gasteiger partial charge in [0, 0.05) is 27.3 Å². The molecule has 2 aromatic rings. The van der Waals surface area contributed by atoms with E-state index >= 15 is 0 Å². The lowest BCUT2D eigenvalue weighted by molar-refractivity contribution is 0.0631. The van der Waals surface area contributed by atoms with Crippen molar-refractivity contribution in [3.8, 4) is 5.75 Å². The topological polar surface area (TPSA) is 60.9 Å². The van der Waals surface area contributed by atoms with Gasteiger partial charge in [-0.2, -0.15) is 0 Å². The van der Waals surface area contributed by atoms with E-state index in [0.29, 0.717) is 37.8 Å². The number of benzene rings is 1. The van der Waals surface area contributed by atoms with Gasteiger partial charge < -0.3 is 19.1 Å². The standard InChI is InChI=1S/C19H26N2O4S/c1-14-5-7-16(8-6-14)25-13-17-20-15(2)18(26-17)19(22)21(9-11-23-3)10-12-24-4/h5-8H,9-13H2,1-4H3. The molecular weight excluding hydrogens is 352 g/mol. The predicted octanol–water partition coefficient (Wildman–Crippen LogP) is 3.07. The van der Waals surface area contributed by atoms with Crippen LogP contribution in [-0.2, 0) is 16.1 Å². The van der Waals surface area contributed by atoms with Crippen LogP contribution in [0.4, 0.5) is 0 Å². The molecule has 1 heterocycles. The van der Waals surface area contributed by atoms with Gasteiger partial charge in [-0.25, -0.2) is 4.98 Å². The molecule has 1 aromatic heterocycles. The molecule has 6 nitrogen and oxygen atoms in total. The number of rotatable bonds is 10. The van der Waals surface area contributed by atoms with Gasteiger partial charge in [-0.3, -0.25) is 4.79 Å². The Balaban J connectivity index is 2.04. The number of aromatic nitrogens is 1. The summed E-state index contributed by atoms with van der Waals surface area (Å²) in [5, 5.41) is 0.782. The van der Waals surface area contributed by atoms with Gasteiger partial charge in [-0.15, -0.1) is 11.3 Å². The van der Waals surface area contributed by atoms with E-state index in [0.717, 1.165) is 16.5 Å². The van der Waals surface area contributed by atoms with E-state index in [4.69, 9.17) is 14.2 Å². The van der Waals surface area contributed by atoms with Gasteiger partial charge in [-0.1, -0.05) is 17.7 Å². The van der Waals surface area contributed by atoms with Gasteiger partial charge in [0.15, 0.2) is 0 Å². The normalized spacial score (nSPS) is 10.8. The van der Waals surface area contributed by atoms with Crippen molar-refractivity contribution in [2.45, 2.75) is 20.5 Å². The molecule has 142 valence electrons. The van der Waals surface area contributed by atoms with Crippen LogP contribution in [0.3, 0.4) is 0 Å². The van der Waals surface area contributed by atoms with Crippen molar-refractivity contribution in [3.05, 3.63) is 45.4 Å². The zero-order chi connectivity index (χ0) is 18.9. The van der Waals surface area contributed by atoms with Gasteiger partial charge in [0.25, 0.3) is 5.91 Å². The molecule has 0 radical (unpaired) electrons. The molecule has 0 unspecified atom stereocenters. The number of thiazole rings is 1. The zero-order valence-corrected chi connectivity index (χ0v) is 16.6. The van der Waals surface area contributed by atoms with Crippen LogP contribution in [-0.4, -0.2) is 56.3 Å². The third kappa shape index (κ3) is 5.79. The molecule has 7 heteroatoms. The van der Waals surface area contributed by atoms with Crippen LogP contribution in [0.2, 0.25) is 0 Å². The smallest absolute Gasteiger partial charge is 0.266 e. The number of amides is 1. The fourth-order valence-electron chi connectivity index (χ4n) is 2.35. The molecule has 2 rings (SSSR count). The van der Waals surface area contributed by atoms with Crippen molar-refractivity contribution >= 4 is 17.2 Å². The van der Waals surface area contributed by atoms with Crippen molar-refractivity contribution in [2.24, 2.45) is 0 Å². The second kappa shape index (κ2) is 10.3. The maximum atomic E-state index is 12.8. The highest BCUT2D eigenvalue weighted by Gasteiger charge is 2.21. The molecule has 1 amide bonds. The van der Waals surface area contributed by atoms with E-state index in [2.05, 4.69) is 4.98 Å². The molecule has 0 saturated heterocycles. The molecule has 0 aliphatic rings. The highest BCUT2D eigenvalue weighted by atomic mass is 32.1. The lowest BCUT2D eigenvalue weighted by Gasteiger charge is -2.21. The first-order chi connectivity index (χ1) is 12.5. The van der Waals surface area contributed by atoms with Crippen LogP contribution in [0.25, 0.3) is 0 Å². The molecule has 0 aliphatic carbocycles. The monoisotopic (exact) mass is 378 g/mol. The molecule has 26 heavy (non-hydrogen) atoms. The summed E-state index contributed by atoms with van der Waals surface area (Å²) in [6, 6.07) is 7.86. The number of methoxy groups -OCH3 is 2. The highest BCUT2D eigenvalue weighted by molar-refractivity contribution is 7.13. The Bertz CT molecular complexity index is 692. The minimum Gasteiger partial charge on any atom is -0.486 e. The quantitative estimate of drug-likeness (QED) is 0.636. The summed E-state index contributed by atoms with van der Waals surface area (Å²) in [7, 11) is 3.24. The minimum absolute atomic E-state index is 0.0457. The van der Waals surface area contributed by atoms with Crippen LogP contribution in [0.5, 0.6) is 5.75 Å². The highest BCUT2D eigenvalue weighted by Crippen LogP contribution is 2.22. The number of nitrogens with zero attached hydrogens (tertiary/aromatic N) is 2. The summed E-state index contributed by atoms with van der Waals surface area (Å²) in [5.41, 5.74) is 1.91. The lowest BCUT2D eigenvalue weighted by Crippen LogP contribution is -2.36. The van der Waals surface area contributed by atoms with Gasteiger partial charge in [0.05, 0.1) is 18.9 Å². The Morgan fingerprint density at radius 3 is 2.27 bits per heavy atom. The molecular formula is C19H26N2O4S. The Morgan fingerprint density at radius 1 is 1.08 bits per heavy atom. The first-order valence-electron chi connectivity index (χ1n) is 8.48. The Hall–Kier alpha value is -1.96. The molecule has 0 spiro atoms. The largest absolute Gasteiger partial charge is 0.486 e. The van der Waals surface area contributed by atoms with E-state index in [1.807, 2.05) is 38.1 Å². The predicted molar refractivity (Wildman–Crippen MR) is 102 cm³/mol. The van der Waals surface area contributed by atoms with E-state index in [-0.39, 0.29) is 5.91 Å². The third-order valence-corrected chi connectivity index (χ3v) is 4.96. The molecule has 0 saturated carbocycles. The SMILES string of the molecule is COCCN(CCOC)C(=O)c1sc(COc2ccc(C)cc2)nc1C. The molecule has 0 aliphatic heterocycles. The fraction of sp³-hybridized carbons (Fsp3) is 0.474. The molecule has 0 fully saturated rings. The summed E-state index contributed by atoms with van der Waals surface area (Å²) < 4.78 is 16.0. The first-order valence-corrected chi connectivity index (χ1v) is 9.29. The van der Waals surface area contributed by atoms with E-state index in [9.17, 15) is 4.79 Å². The summed E-state index contributed by atoms with van der Waals surface area (Å²) in [6.45, 7) is 6.23. The third-order valence-electron chi connectivity index (χ3n) is 3.84. The lowest BCUT2D eigenvalue weighted by atomic mass is 10.2. The maximum Gasteiger partial charge on any atom is 0.266 e. The minimum atomic E-state index is -0.0457. The Morgan fingerprint density at radius 2 is 1.69 bits per heavy atom. The molecule has 0 bridgehead atoms. The van der Waals surface area contributed by atoms with E-state index < -0.39 is 0 Å². The number of carbonyl (C=O) groups is 1. The number of carbonyl (C=O) groups excluding carboxylic acids is 1. The summed E-state index contributed by atoms with van der Waals surface area (Å²) in [4.78, 5) is 19.7. The number of hydrogen-bond acceptors (Lipinski definition) is 6. The van der Waals surface area contributed by atoms with Crippen molar-refractivity contribution < 1.29 is 19.0 Å². The van der Waals surface area contributed by atoms with Crippen LogP contribution < -0.4 is 4.74 Å². The molecule has 0 atom stereocenters. The fourth-order valence-corrected chi connectivity index (χ4v) is 3.30. The molecule has 0 N–H and O–H groups in total. The van der Waals surface area contributed by atoms with Gasteiger partial charge in [-0.05, 0) is 26.0 Å².